The van der Waals surface area contributed by atoms with E-state index in [4.69, 9.17) is 12.2 Å². The van der Waals surface area contributed by atoms with Crippen LogP contribution in [0.4, 0.5) is 0 Å². The summed E-state index contributed by atoms with van der Waals surface area (Å²) in [5.74, 6) is 0. The van der Waals surface area contributed by atoms with Crippen LogP contribution < -0.4 is 0 Å². The van der Waals surface area contributed by atoms with E-state index in [1.54, 1.807) is 0 Å². The van der Waals surface area contributed by atoms with Crippen LogP contribution in [0.1, 0.15) is 24.4 Å². The van der Waals surface area contributed by atoms with Crippen LogP contribution in [0.3, 0.4) is 0 Å². The molecule has 1 atom stereocenters. The highest BCUT2D eigenvalue weighted by atomic mass is 32.1. The van der Waals surface area contributed by atoms with E-state index in [0.29, 0.717) is 6.04 Å². The first-order chi connectivity index (χ1) is 8.66. The quantitative estimate of drug-likeness (QED) is 0.803. The van der Waals surface area contributed by atoms with E-state index in [-0.39, 0.29) is 0 Å². The molecular formula is C13H18N4S. The zero-order valence-corrected chi connectivity index (χ0v) is 11.6. The van der Waals surface area contributed by atoms with Crippen LogP contribution in [0.5, 0.6) is 0 Å². The number of piperidine rings is 1. The van der Waals surface area contributed by atoms with Gasteiger partial charge in [0.25, 0.3) is 0 Å². The minimum atomic E-state index is 0.444. The SMILES string of the molecule is Cc1ccnc2c1[nH]c(=S)n2C1CCCN(C)C1. The van der Waals surface area contributed by atoms with Gasteiger partial charge in [0, 0.05) is 12.7 Å². The number of nitrogens with one attached hydrogen (secondary N) is 1. The molecule has 0 bridgehead atoms. The maximum Gasteiger partial charge on any atom is 0.179 e. The van der Waals surface area contributed by atoms with Crippen molar-refractivity contribution in [1.82, 2.24) is 19.4 Å². The maximum absolute atomic E-state index is 5.48. The van der Waals surface area contributed by atoms with Gasteiger partial charge in [0.15, 0.2) is 10.4 Å². The molecule has 0 spiro atoms. The third-order valence-electron chi connectivity index (χ3n) is 3.78. The van der Waals surface area contributed by atoms with Crippen LogP contribution in [-0.2, 0) is 0 Å². The molecule has 2 aromatic heterocycles. The molecule has 1 fully saturated rings. The van der Waals surface area contributed by atoms with Gasteiger partial charge < -0.3 is 9.88 Å². The lowest BCUT2D eigenvalue weighted by Gasteiger charge is -2.30. The summed E-state index contributed by atoms with van der Waals surface area (Å²) in [6.45, 7) is 4.32. The topological polar surface area (TPSA) is 36.9 Å². The third-order valence-corrected chi connectivity index (χ3v) is 4.08. The van der Waals surface area contributed by atoms with Gasteiger partial charge in [-0.2, -0.15) is 0 Å². The number of aromatic amines is 1. The number of hydrogen-bond acceptors (Lipinski definition) is 3. The highest BCUT2D eigenvalue weighted by Gasteiger charge is 2.22. The number of fused-ring (bicyclic) bond motifs is 1. The van der Waals surface area contributed by atoms with Gasteiger partial charge in [-0.1, -0.05) is 0 Å². The summed E-state index contributed by atoms with van der Waals surface area (Å²) in [4.78, 5) is 10.2. The van der Waals surface area contributed by atoms with Crippen LogP contribution in [0, 0.1) is 11.7 Å². The smallest absolute Gasteiger partial charge is 0.179 e. The molecule has 1 N–H and O–H groups in total. The van der Waals surface area contributed by atoms with Crippen molar-refractivity contribution >= 4 is 23.4 Å². The summed E-state index contributed by atoms with van der Waals surface area (Å²) in [6.07, 6.45) is 4.27. The second-order valence-electron chi connectivity index (χ2n) is 5.18. The number of pyridine rings is 1. The highest BCUT2D eigenvalue weighted by Crippen LogP contribution is 2.25. The van der Waals surface area contributed by atoms with Crippen molar-refractivity contribution in [2.45, 2.75) is 25.8 Å². The normalized spacial score (nSPS) is 21.6. The number of likely N-dealkylation sites (tertiary alicyclic amines) is 1. The molecule has 0 aromatic carbocycles. The molecule has 1 saturated heterocycles. The lowest BCUT2D eigenvalue weighted by Crippen LogP contribution is -2.33. The fourth-order valence-electron chi connectivity index (χ4n) is 2.83. The Morgan fingerprint density at radius 2 is 2.33 bits per heavy atom. The molecule has 4 nitrogen and oxygen atoms in total. The average molecular weight is 262 g/mol. The molecule has 0 aliphatic carbocycles. The van der Waals surface area contributed by atoms with Crippen molar-refractivity contribution in [2.24, 2.45) is 0 Å². The molecule has 0 saturated carbocycles. The Balaban J connectivity index is 2.14. The lowest BCUT2D eigenvalue weighted by atomic mass is 10.1. The molecule has 3 heterocycles. The van der Waals surface area contributed by atoms with Crippen molar-refractivity contribution in [1.29, 1.82) is 0 Å². The molecule has 0 radical (unpaired) electrons. The molecule has 96 valence electrons. The number of aromatic nitrogens is 3. The van der Waals surface area contributed by atoms with Crippen molar-refractivity contribution < 1.29 is 0 Å². The lowest BCUT2D eigenvalue weighted by molar-refractivity contribution is 0.213. The van der Waals surface area contributed by atoms with Gasteiger partial charge >= 0.3 is 0 Å². The minimum Gasteiger partial charge on any atom is -0.329 e. The van der Waals surface area contributed by atoms with Crippen LogP contribution in [0.2, 0.25) is 0 Å². The Labute approximate surface area is 112 Å². The largest absolute Gasteiger partial charge is 0.329 e. The van der Waals surface area contributed by atoms with Crippen LogP contribution in [0.25, 0.3) is 11.2 Å². The van der Waals surface area contributed by atoms with Gasteiger partial charge in [-0.25, -0.2) is 4.98 Å². The predicted molar refractivity (Wildman–Crippen MR) is 75.4 cm³/mol. The Kier molecular flexibility index (Phi) is 2.95. The molecule has 3 rings (SSSR count). The monoisotopic (exact) mass is 262 g/mol. The van der Waals surface area contributed by atoms with Gasteiger partial charge in [-0.3, -0.25) is 4.57 Å². The first-order valence-corrected chi connectivity index (χ1v) is 6.82. The van der Waals surface area contributed by atoms with Crippen molar-refractivity contribution in [2.75, 3.05) is 20.1 Å². The fourth-order valence-corrected chi connectivity index (χ4v) is 3.17. The van der Waals surface area contributed by atoms with E-state index in [1.165, 1.54) is 24.9 Å². The van der Waals surface area contributed by atoms with E-state index < -0.39 is 0 Å². The Morgan fingerprint density at radius 1 is 1.50 bits per heavy atom. The number of aryl methyl sites for hydroxylation is 1. The second-order valence-corrected chi connectivity index (χ2v) is 5.57. The zero-order valence-electron chi connectivity index (χ0n) is 10.8. The average Bonchev–Trinajstić information content (AvgIpc) is 2.67. The summed E-state index contributed by atoms with van der Waals surface area (Å²) in [7, 11) is 2.17. The Morgan fingerprint density at radius 3 is 3.11 bits per heavy atom. The summed E-state index contributed by atoms with van der Waals surface area (Å²) in [5.41, 5.74) is 3.28. The van der Waals surface area contributed by atoms with Crippen molar-refractivity contribution in [3.8, 4) is 0 Å². The molecule has 1 aliphatic heterocycles. The van der Waals surface area contributed by atoms with Crippen molar-refractivity contribution in [3.05, 3.63) is 22.6 Å². The van der Waals surface area contributed by atoms with Gasteiger partial charge in [0.05, 0.1) is 11.6 Å². The Hall–Kier alpha value is -1.20. The first kappa shape index (κ1) is 11.9. The number of imidazole rings is 1. The molecular weight excluding hydrogens is 244 g/mol. The van der Waals surface area contributed by atoms with Crippen LogP contribution >= 0.6 is 12.2 Å². The molecule has 0 amide bonds. The summed E-state index contributed by atoms with van der Waals surface area (Å²) in [6, 6.07) is 2.46. The third kappa shape index (κ3) is 1.87. The van der Waals surface area contributed by atoms with Crippen LogP contribution in [-0.4, -0.2) is 39.6 Å². The first-order valence-electron chi connectivity index (χ1n) is 6.41. The number of likely N-dealkylation sites (N-methyl/N-ethyl adjacent to an activating group) is 1. The molecule has 2 aromatic rings. The van der Waals surface area contributed by atoms with Crippen molar-refractivity contribution in [3.63, 3.8) is 0 Å². The fraction of sp³-hybridized carbons (Fsp3) is 0.538. The maximum atomic E-state index is 5.48. The molecule has 1 unspecified atom stereocenters. The summed E-state index contributed by atoms with van der Waals surface area (Å²) >= 11 is 5.48. The Bertz CT molecular complexity index is 627. The van der Waals surface area contributed by atoms with E-state index in [2.05, 4.69) is 33.4 Å². The molecule has 18 heavy (non-hydrogen) atoms. The van der Waals surface area contributed by atoms with E-state index >= 15 is 0 Å². The highest BCUT2D eigenvalue weighted by molar-refractivity contribution is 7.71. The zero-order chi connectivity index (χ0) is 12.7. The van der Waals surface area contributed by atoms with Gasteiger partial charge in [-0.15, -0.1) is 0 Å². The molecule has 1 aliphatic rings. The van der Waals surface area contributed by atoms with Crippen LogP contribution in [0.15, 0.2) is 12.3 Å². The van der Waals surface area contributed by atoms with E-state index in [9.17, 15) is 0 Å². The number of rotatable bonds is 1. The summed E-state index contributed by atoms with van der Waals surface area (Å²) < 4.78 is 3.00. The van der Waals surface area contributed by atoms with E-state index in [0.717, 1.165) is 22.5 Å². The number of nitrogens with zero attached hydrogens (tertiary/aromatic N) is 3. The second kappa shape index (κ2) is 4.48. The standard InChI is InChI=1S/C13H18N4S/c1-9-5-6-14-12-11(9)15-13(18)17(12)10-4-3-7-16(2)8-10/h5-6,10H,3-4,7-8H2,1-2H3,(H,15,18). The van der Waals surface area contributed by atoms with Gasteiger partial charge in [-0.05, 0) is 57.2 Å². The number of H-pyrrole nitrogens is 1. The van der Waals surface area contributed by atoms with E-state index in [1.807, 2.05) is 12.3 Å². The van der Waals surface area contributed by atoms with Gasteiger partial charge in [0.1, 0.15) is 0 Å². The number of hydrogen-bond donors (Lipinski definition) is 1. The van der Waals surface area contributed by atoms with Gasteiger partial charge in [0.2, 0.25) is 0 Å². The molecule has 5 heteroatoms. The minimum absolute atomic E-state index is 0.444. The summed E-state index contributed by atoms with van der Waals surface area (Å²) in [5, 5.41) is 0. The predicted octanol–water partition coefficient (Wildman–Crippen LogP) is 2.67.